The van der Waals surface area contributed by atoms with Crippen molar-refractivity contribution in [3.05, 3.63) is 12.2 Å². The maximum Gasteiger partial charge on any atom is 0.328 e. The fourth-order valence-electron chi connectivity index (χ4n) is 1.64. The summed E-state index contributed by atoms with van der Waals surface area (Å²) in [6.45, 7) is 0. The second-order valence-corrected chi connectivity index (χ2v) is 3.52. The number of carboxylic acids is 1. The normalized spacial score (nSPS) is 18.3. The molecule has 2 N–H and O–H groups in total. The minimum atomic E-state index is -1.09. The first-order chi connectivity index (χ1) is 6.68. The van der Waals surface area contributed by atoms with Crippen LogP contribution in [-0.4, -0.2) is 23.0 Å². The molecule has 4 nitrogen and oxygen atoms in total. The minimum absolute atomic E-state index is 0.231. The van der Waals surface area contributed by atoms with Gasteiger partial charge < -0.3 is 10.4 Å². The van der Waals surface area contributed by atoms with Gasteiger partial charge in [-0.2, -0.15) is 0 Å². The van der Waals surface area contributed by atoms with Gasteiger partial charge in [-0.1, -0.05) is 19.3 Å². The summed E-state index contributed by atoms with van der Waals surface area (Å²) in [5.74, 6) is -1.40. The van der Waals surface area contributed by atoms with E-state index in [2.05, 4.69) is 5.32 Å². The molecule has 78 valence electrons. The second kappa shape index (κ2) is 5.42. The summed E-state index contributed by atoms with van der Waals surface area (Å²) in [5, 5.41) is 11.1. The van der Waals surface area contributed by atoms with Gasteiger partial charge in [-0.05, 0) is 12.8 Å². The lowest BCUT2D eigenvalue weighted by atomic mass is 9.95. The van der Waals surface area contributed by atoms with E-state index in [1.54, 1.807) is 0 Å². The average Bonchev–Trinajstić information content (AvgIpc) is 2.16. The summed E-state index contributed by atoms with van der Waals surface area (Å²) in [6.07, 6.45) is 7.47. The number of amides is 1. The number of carbonyl (C=O) groups is 2. The molecule has 1 aliphatic rings. The monoisotopic (exact) mass is 197 g/mol. The van der Waals surface area contributed by atoms with E-state index in [1.807, 2.05) is 0 Å². The first kappa shape index (κ1) is 10.8. The van der Waals surface area contributed by atoms with Gasteiger partial charge in [0.05, 0.1) is 0 Å². The van der Waals surface area contributed by atoms with E-state index in [-0.39, 0.29) is 11.9 Å². The van der Waals surface area contributed by atoms with Crippen LogP contribution in [-0.2, 0) is 9.59 Å². The van der Waals surface area contributed by atoms with Gasteiger partial charge in [0, 0.05) is 18.2 Å². The van der Waals surface area contributed by atoms with Gasteiger partial charge in [0.15, 0.2) is 0 Å². The lowest BCUT2D eigenvalue weighted by molar-refractivity contribution is -0.131. The van der Waals surface area contributed by atoms with Crippen LogP contribution >= 0.6 is 0 Å². The van der Waals surface area contributed by atoms with E-state index in [1.165, 1.54) is 6.42 Å². The van der Waals surface area contributed by atoms with Crippen LogP contribution < -0.4 is 5.32 Å². The van der Waals surface area contributed by atoms with Crippen molar-refractivity contribution in [3.8, 4) is 0 Å². The van der Waals surface area contributed by atoms with E-state index in [4.69, 9.17) is 5.11 Å². The molecule has 14 heavy (non-hydrogen) atoms. The van der Waals surface area contributed by atoms with Crippen LogP contribution in [0.25, 0.3) is 0 Å². The number of carbonyl (C=O) groups excluding carboxylic acids is 1. The van der Waals surface area contributed by atoms with Gasteiger partial charge >= 0.3 is 5.97 Å². The molecule has 0 unspecified atom stereocenters. The number of nitrogens with one attached hydrogen (secondary N) is 1. The molecule has 0 aromatic carbocycles. The minimum Gasteiger partial charge on any atom is -0.478 e. The van der Waals surface area contributed by atoms with Gasteiger partial charge in [-0.25, -0.2) is 4.79 Å². The van der Waals surface area contributed by atoms with Crippen LogP contribution in [0.15, 0.2) is 12.2 Å². The Bertz CT molecular complexity index is 242. The number of hydrogen-bond donors (Lipinski definition) is 2. The van der Waals surface area contributed by atoms with Gasteiger partial charge in [0.1, 0.15) is 0 Å². The summed E-state index contributed by atoms with van der Waals surface area (Å²) in [7, 11) is 0. The molecule has 4 heteroatoms. The third-order valence-electron chi connectivity index (χ3n) is 2.33. The lowest BCUT2D eigenvalue weighted by Crippen LogP contribution is -2.35. The largest absolute Gasteiger partial charge is 0.478 e. The van der Waals surface area contributed by atoms with Crippen molar-refractivity contribution in [2.24, 2.45) is 0 Å². The molecule has 1 saturated carbocycles. The highest BCUT2D eigenvalue weighted by Crippen LogP contribution is 2.17. The molecule has 1 fully saturated rings. The van der Waals surface area contributed by atoms with Crippen LogP contribution in [0, 0.1) is 0 Å². The molecule has 0 radical (unpaired) electrons. The summed E-state index contributed by atoms with van der Waals surface area (Å²) in [6, 6.07) is 0.231. The Balaban J connectivity index is 2.28. The van der Waals surface area contributed by atoms with Gasteiger partial charge in [0.25, 0.3) is 0 Å². The fourth-order valence-corrected chi connectivity index (χ4v) is 1.64. The maximum atomic E-state index is 11.2. The van der Waals surface area contributed by atoms with Crippen molar-refractivity contribution in [3.63, 3.8) is 0 Å². The number of rotatable bonds is 3. The molecule has 0 saturated heterocycles. The third kappa shape index (κ3) is 4.07. The molecule has 1 rings (SSSR count). The Kier molecular flexibility index (Phi) is 4.16. The fraction of sp³-hybridized carbons (Fsp3) is 0.600. The second-order valence-electron chi connectivity index (χ2n) is 3.52. The number of aliphatic carboxylic acids is 1. The molecule has 1 aliphatic carbocycles. The quantitative estimate of drug-likeness (QED) is 0.665. The van der Waals surface area contributed by atoms with Crippen LogP contribution in [0.4, 0.5) is 0 Å². The van der Waals surface area contributed by atoms with E-state index >= 15 is 0 Å². The van der Waals surface area contributed by atoms with Crippen LogP contribution in [0.2, 0.25) is 0 Å². The van der Waals surface area contributed by atoms with Crippen molar-refractivity contribution in [2.75, 3.05) is 0 Å². The van der Waals surface area contributed by atoms with E-state index in [0.717, 1.165) is 37.8 Å². The zero-order valence-electron chi connectivity index (χ0n) is 8.03. The highest BCUT2D eigenvalue weighted by molar-refractivity contribution is 5.93. The number of carboxylic acid groups (broad SMARTS) is 1. The van der Waals surface area contributed by atoms with Gasteiger partial charge in [-0.15, -0.1) is 0 Å². The summed E-state index contributed by atoms with van der Waals surface area (Å²) < 4.78 is 0. The van der Waals surface area contributed by atoms with Gasteiger partial charge in [-0.3, -0.25) is 4.79 Å². The summed E-state index contributed by atoms with van der Waals surface area (Å²) in [5.41, 5.74) is 0. The zero-order chi connectivity index (χ0) is 10.4. The lowest BCUT2D eigenvalue weighted by Gasteiger charge is -2.21. The Morgan fingerprint density at radius 2 is 1.79 bits per heavy atom. The third-order valence-corrected chi connectivity index (χ3v) is 2.33. The summed E-state index contributed by atoms with van der Waals surface area (Å²) >= 11 is 0. The van der Waals surface area contributed by atoms with Crippen LogP contribution in [0.1, 0.15) is 32.1 Å². The van der Waals surface area contributed by atoms with Crippen LogP contribution in [0.3, 0.4) is 0 Å². The Hall–Kier alpha value is -1.32. The van der Waals surface area contributed by atoms with Gasteiger partial charge in [0.2, 0.25) is 5.91 Å². The summed E-state index contributed by atoms with van der Waals surface area (Å²) in [4.78, 5) is 21.3. The molecule has 0 aromatic heterocycles. The van der Waals surface area contributed by atoms with Crippen molar-refractivity contribution >= 4 is 11.9 Å². The topological polar surface area (TPSA) is 66.4 Å². The van der Waals surface area contributed by atoms with Crippen molar-refractivity contribution < 1.29 is 14.7 Å². The smallest absolute Gasteiger partial charge is 0.328 e. The molecule has 0 atom stereocenters. The molecular formula is C10H15NO3. The van der Waals surface area contributed by atoms with E-state index in [9.17, 15) is 9.59 Å². The van der Waals surface area contributed by atoms with E-state index < -0.39 is 5.97 Å². The highest BCUT2D eigenvalue weighted by atomic mass is 16.4. The Labute approximate surface area is 83.0 Å². The molecule has 0 spiro atoms. The Morgan fingerprint density at radius 1 is 1.14 bits per heavy atom. The van der Waals surface area contributed by atoms with Crippen molar-refractivity contribution in [1.82, 2.24) is 5.32 Å². The van der Waals surface area contributed by atoms with Crippen LogP contribution in [0.5, 0.6) is 0 Å². The van der Waals surface area contributed by atoms with Crippen molar-refractivity contribution in [2.45, 2.75) is 38.1 Å². The zero-order valence-corrected chi connectivity index (χ0v) is 8.03. The molecular weight excluding hydrogens is 182 g/mol. The molecule has 0 aromatic rings. The SMILES string of the molecule is O=C(O)C=CC(=O)NC1CCCCC1. The molecule has 0 heterocycles. The standard InChI is InChI=1S/C10H15NO3/c12-9(6-7-10(13)14)11-8-4-2-1-3-5-8/h6-8H,1-5H2,(H,11,12)(H,13,14). The maximum absolute atomic E-state index is 11.2. The average molecular weight is 197 g/mol. The van der Waals surface area contributed by atoms with E-state index in [0.29, 0.717) is 0 Å². The van der Waals surface area contributed by atoms with Crippen molar-refractivity contribution in [1.29, 1.82) is 0 Å². The molecule has 1 amide bonds. The predicted octanol–water partition coefficient (Wildman–Crippen LogP) is 1.08. The first-order valence-electron chi connectivity index (χ1n) is 4.90. The Morgan fingerprint density at radius 3 is 2.36 bits per heavy atom. The first-order valence-corrected chi connectivity index (χ1v) is 4.90. The molecule has 0 aliphatic heterocycles. The molecule has 0 bridgehead atoms. The predicted molar refractivity (Wildman–Crippen MR) is 51.8 cm³/mol. The number of hydrogen-bond acceptors (Lipinski definition) is 2. The highest BCUT2D eigenvalue weighted by Gasteiger charge is 2.14.